The van der Waals surface area contributed by atoms with Crippen molar-refractivity contribution in [2.45, 2.75) is 38.3 Å². The molecule has 144 valence electrons. The molecule has 1 aliphatic carbocycles. The number of hydrogen-bond acceptors (Lipinski definition) is 4. The van der Waals surface area contributed by atoms with Crippen molar-refractivity contribution in [3.8, 4) is 5.75 Å². The van der Waals surface area contributed by atoms with E-state index in [4.69, 9.17) is 5.11 Å². The molecular formula is C18H17F3N2O4. The number of carboxylic acid groups (broad SMARTS) is 1. The van der Waals surface area contributed by atoms with Gasteiger partial charge in [-0.05, 0) is 37.8 Å². The third-order valence-corrected chi connectivity index (χ3v) is 4.62. The summed E-state index contributed by atoms with van der Waals surface area (Å²) in [6.45, 7) is -3.15. The lowest BCUT2D eigenvalue weighted by atomic mass is 9.86. The number of pyridine rings is 1. The molecule has 1 aromatic carbocycles. The van der Waals surface area contributed by atoms with Crippen molar-refractivity contribution in [2.24, 2.45) is 5.92 Å². The van der Waals surface area contributed by atoms with E-state index in [0.29, 0.717) is 25.7 Å². The maximum atomic E-state index is 13.9. The number of amides is 1. The molecule has 0 spiro atoms. The third-order valence-electron chi connectivity index (χ3n) is 4.62. The number of fused-ring (bicyclic) bond motifs is 1. The molecule has 0 aliphatic heterocycles. The number of benzene rings is 1. The smallest absolute Gasteiger partial charge is 0.387 e. The van der Waals surface area contributed by atoms with Crippen LogP contribution in [-0.4, -0.2) is 34.6 Å². The number of alkyl halides is 2. The van der Waals surface area contributed by atoms with Gasteiger partial charge in [-0.2, -0.15) is 8.78 Å². The minimum Gasteiger partial charge on any atom is -0.481 e. The molecule has 0 bridgehead atoms. The van der Waals surface area contributed by atoms with E-state index in [1.807, 2.05) is 0 Å². The lowest BCUT2D eigenvalue weighted by Crippen LogP contribution is -2.38. The summed E-state index contributed by atoms with van der Waals surface area (Å²) >= 11 is 0. The van der Waals surface area contributed by atoms with Gasteiger partial charge < -0.3 is 15.2 Å². The summed E-state index contributed by atoms with van der Waals surface area (Å²) in [5, 5.41) is 12.1. The number of carbonyl (C=O) groups excluding carboxylic acids is 1. The van der Waals surface area contributed by atoms with E-state index in [1.54, 1.807) is 0 Å². The Labute approximate surface area is 152 Å². The Morgan fingerprint density at radius 1 is 1.19 bits per heavy atom. The number of carbonyl (C=O) groups is 2. The normalized spacial score (nSPS) is 19.9. The van der Waals surface area contributed by atoms with E-state index in [2.05, 4.69) is 15.0 Å². The largest absolute Gasteiger partial charge is 0.481 e. The first-order valence-corrected chi connectivity index (χ1v) is 8.41. The third kappa shape index (κ3) is 4.47. The molecule has 2 N–H and O–H groups in total. The minimum atomic E-state index is -3.15. The molecule has 2 aromatic rings. The predicted molar refractivity (Wildman–Crippen MR) is 89.2 cm³/mol. The zero-order chi connectivity index (χ0) is 19.6. The van der Waals surface area contributed by atoms with Gasteiger partial charge in [0.05, 0.1) is 17.0 Å². The first-order chi connectivity index (χ1) is 12.8. The zero-order valence-electron chi connectivity index (χ0n) is 14.1. The van der Waals surface area contributed by atoms with Gasteiger partial charge in [0.15, 0.2) is 11.6 Å². The summed E-state index contributed by atoms with van der Waals surface area (Å²) in [6, 6.07) is 3.30. The highest BCUT2D eigenvalue weighted by molar-refractivity contribution is 5.97. The second-order valence-electron chi connectivity index (χ2n) is 6.44. The second-order valence-corrected chi connectivity index (χ2v) is 6.44. The standard InChI is InChI=1S/C18H17F3N2O4/c19-13-6-10-5-11(8-22-14(10)7-15(13)27-18(20)21)16(24)23-12-3-1-9(2-4-12)17(25)26/h5-9,12,18H,1-4H2,(H,23,24)(H,25,26)/t9-,12-. The highest BCUT2D eigenvalue weighted by Gasteiger charge is 2.27. The minimum absolute atomic E-state index is 0.137. The van der Waals surface area contributed by atoms with Crippen molar-refractivity contribution in [3.63, 3.8) is 0 Å². The lowest BCUT2D eigenvalue weighted by Gasteiger charge is -2.26. The molecule has 1 aromatic heterocycles. The van der Waals surface area contributed by atoms with E-state index >= 15 is 0 Å². The number of nitrogens with zero attached hydrogens (tertiary/aromatic N) is 1. The molecule has 6 nitrogen and oxygen atoms in total. The Bertz CT molecular complexity index is 867. The van der Waals surface area contributed by atoms with Crippen LogP contribution in [-0.2, 0) is 4.79 Å². The maximum Gasteiger partial charge on any atom is 0.387 e. The van der Waals surface area contributed by atoms with Crippen molar-refractivity contribution in [1.29, 1.82) is 0 Å². The Balaban J connectivity index is 1.71. The average Bonchev–Trinajstić information content (AvgIpc) is 2.62. The molecular weight excluding hydrogens is 365 g/mol. The fraction of sp³-hybridized carbons (Fsp3) is 0.389. The summed E-state index contributed by atoms with van der Waals surface area (Å²) in [5.41, 5.74) is 0.412. The molecule has 27 heavy (non-hydrogen) atoms. The van der Waals surface area contributed by atoms with Crippen molar-refractivity contribution in [3.05, 3.63) is 35.8 Å². The SMILES string of the molecule is O=C(N[C@H]1CC[C@H](C(=O)O)CC1)c1cnc2cc(OC(F)F)c(F)cc2c1. The van der Waals surface area contributed by atoms with Crippen LogP contribution in [0.1, 0.15) is 36.0 Å². The summed E-state index contributed by atoms with van der Waals surface area (Å²) in [6.07, 6.45) is 3.38. The quantitative estimate of drug-likeness (QED) is 0.828. The van der Waals surface area contributed by atoms with Gasteiger partial charge in [0.2, 0.25) is 0 Å². The van der Waals surface area contributed by atoms with Gasteiger partial charge in [0.1, 0.15) is 0 Å². The molecule has 0 atom stereocenters. The summed E-state index contributed by atoms with van der Waals surface area (Å²) in [7, 11) is 0. The molecule has 3 rings (SSSR count). The van der Waals surface area contributed by atoms with Gasteiger partial charge in [-0.3, -0.25) is 14.6 Å². The number of carboxylic acids is 1. The first-order valence-electron chi connectivity index (χ1n) is 8.41. The first kappa shape index (κ1) is 18.9. The second kappa shape index (κ2) is 7.81. The van der Waals surface area contributed by atoms with Gasteiger partial charge in [0, 0.05) is 23.7 Å². The molecule has 0 saturated heterocycles. The van der Waals surface area contributed by atoms with E-state index < -0.39 is 30.1 Å². The van der Waals surface area contributed by atoms with Crippen LogP contribution in [0.4, 0.5) is 13.2 Å². The molecule has 0 radical (unpaired) electrons. The number of ether oxygens (including phenoxy) is 1. The molecule has 0 unspecified atom stereocenters. The van der Waals surface area contributed by atoms with Crippen LogP contribution in [0.5, 0.6) is 5.75 Å². The number of halogens is 3. The number of aliphatic carboxylic acids is 1. The van der Waals surface area contributed by atoms with Gasteiger partial charge >= 0.3 is 12.6 Å². The van der Waals surface area contributed by atoms with Crippen LogP contribution in [0.3, 0.4) is 0 Å². The Morgan fingerprint density at radius 3 is 2.52 bits per heavy atom. The molecule has 1 amide bonds. The van der Waals surface area contributed by atoms with Crippen LogP contribution < -0.4 is 10.1 Å². The monoisotopic (exact) mass is 382 g/mol. The van der Waals surface area contributed by atoms with Crippen LogP contribution in [0.25, 0.3) is 10.9 Å². The fourth-order valence-corrected chi connectivity index (χ4v) is 3.19. The van der Waals surface area contributed by atoms with Crippen LogP contribution in [0.2, 0.25) is 0 Å². The molecule has 1 aliphatic rings. The molecule has 9 heteroatoms. The molecule has 1 fully saturated rings. The predicted octanol–water partition coefficient (Wildman–Crippen LogP) is 3.35. The highest BCUT2D eigenvalue weighted by atomic mass is 19.3. The van der Waals surface area contributed by atoms with Crippen molar-refractivity contribution >= 4 is 22.8 Å². The topological polar surface area (TPSA) is 88.5 Å². The van der Waals surface area contributed by atoms with E-state index in [9.17, 15) is 22.8 Å². The van der Waals surface area contributed by atoms with Crippen molar-refractivity contribution < 1.29 is 32.6 Å². The van der Waals surface area contributed by atoms with Crippen LogP contribution in [0.15, 0.2) is 24.4 Å². The van der Waals surface area contributed by atoms with Crippen LogP contribution >= 0.6 is 0 Å². The number of nitrogens with one attached hydrogen (secondary N) is 1. The summed E-state index contributed by atoms with van der Waals surface area (Å²) in [5.74, 6) is -3.20. The van der Waals surface area contributed by atoms with E-state index in [1.165, 1.54) is 12.3 Å². The van der Waals surface area contributed by atoms with E-state index in [0.717, 1.165) is 12.1 Å². The van der Waals surface area contributed by atoms with Gasteiger partial charge in [-0.1, -0.05) is 0 Å². The lowest BCUT2D eigenvalue weighted by molar-refractivity contribution is -0.142. The Hall–Kier alpha value is -2.84. The number of rotatable bonds is 5. The van der Waals surface area contributed by atoms with Crippen molar-refractivity contribution in [2.75, 3.05) is 0 Å². The van der Waals surface area contributed by atoms with Gasteiger partial charge in [-0.25, -0.2) is 4.39 Å². The highest BCUT2D eigenvalue weighted by Crippen LogP contribution is 2.27. The van der Waals surface area contributed by atoms with Crippen molar-refractivity contribution in [1.82, 2.24) is 10.3 Å². The van der Waals surface area contributed by atoms with Gasteiger partial charge in [-0.15, -0.1) is 0 Å². The Morgan fingerprint density at radius 2 is 1.89 bits per heavy atom. The maximum absolute atomic E-state index is 13.9. The average molecular weight is 382 g/mol. The molecule has 1 saturated carbocycles. The number of hydrogen-bond donors (Lipinski definition) is 2. The Kier molecular flexibility index (Phi) is 5.48. The summed E-state index contributed by atoms with van der Waals surface area (Å²) in [4.78, 5) is 27.4. The van der Waals surface area contributed by atoms with Gasteiger partial charge in [0.25, 0.3) is 5.91 Å². The number of aromatic nitrogens is 1. The van der Waals surface area contributed by atoms with E-state index in [-0.39, 0.29) is 28.4 Å². The fourth-order valence-electron chi connectivity index (χ4n) is 3.19. The summed E-state index contributed by atoms with van der Waals surface area (Å²) < 4.78 is 42.5. The zero-order valence-corrected chi connectivity index (χ0v) is 14.1. The molecule has 1 heterocycles. The van der Waals surface area contributed by atoms with Crippen LogP contribution in [0, 0.1) is 11.7 Å².